The Morgan fingerprint density at radius 3 is 2.20 bits per heavy atom. The summed E-state index contributed by atoms with van der Waals surface area (Å²) in [7, 11) is 0. The molecule has 6 rings (SSSR count). The van der Waals surface area contributed by atoms with Crippen molar-refractivity contribution in [1.82, 2.24) is 9.80 Å². The van der Waals surface area contributed by atoms with Gasteiger partial charge in [-0.05, 0) is 48.9 Å². The van der Waals surface area contributed by atoms with Gasteiger partial charge in [0.05, 0.1) is 17.4 Å². The Labute approximate surface area is 216 Å². The highest BCUT2D eigenvalue weighted by Gasteiger charge is 2.34. The predicted octanol–water partition coefficient (Wildman–Crippen LogP) is 5.17. The summed E-state index contributed by atoms with van der Waals surface area (Å²) in [5.74, 6) is 1.78. The normalized spacial score (nSPS) is 17.8. The number of hydrogen-bond donors (Lipinski definition) is 0. The van der Waals surface area contributed by atoms with Gasteiger partial charge in [0.25, 0.3) is 0 Å². The molecule has 0 saturated carbocycles. The molecule has 0 aromatic heterocycles. The summed E-state index contributed by atoms with van der Waals surface area (Å²) in [5, 5.41) is 0. The van der Waals surface area contributed by atoms with E-state index < -0.39 is 0 Å². The first kappa shape index (κ1) is 24.0. The zero-order valence-electron chi connectivity index (χ0n) is 19.6. The SMILES string of the molecule is CC(C(=O)N1c2ccccc2Sc2ccccc21)N1CCN(Cc2ccc3c(c2)OCO3)CC1.Cl. The second-order valence-corrected chi connectivity index (χ2v) is 9.97. The van der Waals surface area contributed by atoms with Gasteiger partial charge in [-0.15, -0.1) is 12.4 Å². The summed E-state index contributed by atoms with van der Waals surface area (Å²) in [4.78, 5) is 22.8. The minimum Gasteiger partial charge on any atom is -0.454 e. The largest absolute Gasteiger partial charge is 0.454 e. The lowest BCUT2D eigenvalue weighted by atomic mass is 10.1. The first-order chi connectivity index (χ1) is 16.7. The number of hydrogen-bond acceptors (Lipinski definition) is 6. The average molecular weight is 510 g/mol. The standard InChI is InChI=1S/C27H27N3O3S.ClH/c1-19(27(31)30-21-6-2-4-8-25(21)34-26-9-5-3-7-22(26)30)29-14-12-28(13-15-29)17-20-10-11-23-24(16-20)33-18-32-23;/h2-11,16,19H,12-15,17-18H2,1H3;1H. The van der Waals surface area contributed by atoms with Gasteiger partial charge in [0.15, 0.2) is 11.5 Å². The van der Waals surface area contributed by atoms with Gasteiger partial charge in [0.2, 0.25) is 12.7 Å². The minimum absolute atomic E-state index is 0. The molecule has 0 spiro atoms. The molecule has 8 heteroatoms. The van der Waals surface area contributed by atoms with E-state index in [0.29, 0.717) is 6.79 Å². The molecule has 6 nitrogen and oxygen atoms in total. The summed E-state index contributed by atoms with van der Waals surface area (Å²) in [5.41, 5.74) is 3.18. The number of piperazine rings is 1. The number of ether oxygens (including phenoxy) is 2. The smallest absolute Gasteiger partial charge is 0.248 e. The molecule has 0 N–H and O–H groups in total. The van der Waals surface area contributed by atoms with Crippen molar-refractivity contribution in [2.24, 2.45) is 0 Å². The van der Waals surface area contributed by atoms with Crippen LogP contribution in [0.4, 0.5) is 11.4 Å². The Morgan fingerprint density at radius 2 is 1.51 bits per heavy atom. The molecular formula is C27H28ClN3O3S. The van der Waals surface area contributed by atoms with Crippen molar-refractivity contribution in [3.8, 4) is 11.5 Å². The maximum atomic E-state index is 13.8. The van der Waals surface area contributed by atoms with E-state index in [1.165, 1.54) is 5.56 Å². The van der Waals surface area contributed by atoms with Crippen LogP contribution in [0, 0.1) is 0 Å². The van der Waals surface area contributed by atoms with Crippen LogP contribution in [0.15, 0.2) is 76.5 Å². The van der Waals surface area contributed by atoms with Crippen LogP contribution in [0.3, 0.4) is 0 Å². The number of fused-ring (bicyclic) bond motifs is 3. The number of carbonyl (C=O) groups excluding carboxylic acids is 1. The Kier molecular flexibility index (Phi) is 6.93. The summed E-state index contributed by atoms with van der Waals surface area (Å²) in [6, 6.07) is 22.3. The van der Waals surface area contributed by atoms with E-state index in [9.17, 15) is 4.79 Å². The predicted molar refractivity (Wildman–Crippen MR) is 140 cm³/mol. The fraction of sp³-hybridized carbons (Fsp3) is 0.296. The van der Waals surface area contributed by atoms with Crippen LogP contribution in [0.25, 0.3) is 0 Å². The number of amides is 1. The molecule has 1 atom stereocenters. The molecule has 3 aromatic rings. The maximum absolute atomic E-state index is 13.8. The van der Waals surface area contributed by atoms with Gasteiger partial charge in [0, 0.05) is 42.5 Å². The molecule has 0 radical (unpaired) electrons. The number of para-hydroxylation sites is 2. The summed E-state index contributed by atoms with van der Waals surface area (Å²) >= 11 is 1.73. The third-order valence-corrected chi connectivity index (χ3v) is 7.94. The van der Waals surface area contributed by atoms with E-state index in [1.807, 2.05) is 54.3 Å². The third-order valence-electron chi connectivity index (χ3n) is 6.81. The zero-order valence-corrected chi connectivity index (χ0v) is 21.2. The van der Waals surface area contributed by atoms with Gasteiger partial charge in [-0.1, -0.05) is 42.1 Å². The Hall–Kier alpha value is -2.71. The van der Waals surface area contributed by atoms with Crippen LogP contribution in [0.5, 0.6) is 11.5 Å². The van der Waals surface area contributed by atoms with Crippen molar-refractivity contribution in [3.05, 3.63) is 72.3 Å². The molecule has 1 fully saturated rings. The fourth-order valence-corrected chi connectivity index (χ4v) is 5.95. The molecule has 3 aliphatic rings. The fourth-order valence-electron chi connectivity index (χ4n) is 4.89. The monoisotopic (exact) mass is 509 g/mol. The highest BCUT2D eigenvalue weighted by Crippen LogP contribution is 2.48. The molecule has 1 unspecified atom stereocenters. The zero-order chi connectivity index (χ0) is 23.1. The second kappa shape index (κ2) is 10.1. The lowest BCUT2D eigenvalue weighted by Crippen LogP contribution is -2.54. The van der Waals surface area contributed by atoms with Gasteiger partial charge in [0.1, 0.15) is 0 Å². The average Bonchev–Trinajstić information content (AvgIpc) is 3.35. The highest BCUT2D eigenvalue weighted by atomic mass is 35.5. The molecule has 3 heterocycles. The van der Waals surface area contributed by atoms with E-state index in [4.69, 9.17) is 9.47 Å². The summed E-state index contributed by atoms with van der Waals surface area (Å²) in [6.07, 6.45) is 0. The maximum Gasteiger partial charge on any atom is 0.248 e. The van der Waals surface area contributed by atoms with Crippen LogP contribution in [-0.4, -0.2) is 54.7 Å². The van der Waals surface area contributed by atoms with E-state index in [0.717, 1.165) is 65.4 Å². The van der Waals surface area contributed by atoms with E-state index in [2.05, 4.69) is 34.1 Å². The molecule has 0 bridgehead atoms. The number of anilines is 2. The van der Waals surface area contributed by atoms with Gasteiger partial charge < -0.3 is 9.47 Å². The molecule has 3 aromatic carbocycles. The molecule has 1 saturated heterocycles. The highest BCUT2D eigenvalue weighted by molar-refractivity contribution is 7.99. The number of benzene rings is 3. The van der Waals surface area contributed by atoms with E-state index >= 15 is 0 Å². The van der Waals surface area contributed by atoms with Crippen LogP contribution < -0.4 is 14.4 Å². The molecule has 0 aliphatic carbocycles. The Bertz CT molecular complexity index is 1190. The summed E-state index contributed by atoms with van der Waals surface area (Å²) < 4.78 is 10.9. The number of halogens is 1. The molecule has 1 amide bonds. The quantitative estimate of drug-likeness (QED) is 0.483. The Morgan fingerprint density at radius 1 is 0.886 bits per heavy atom. The van der Waals surface area contributed by atoms with Crippen molar-refractivity contribution >= 4 is 41.5 Å². The first-order valence-corrected chi connectivity index (χ1v) is 12.5. The van der Waals surface area contributed by atoms with Gasteiger partial charge in [-0.25, -0.2) is 0 Å². The van der Waals surface area contributed by atoms with E-state index in [1.54, 1.807) is 11.8 Å². The second-order valence-electron chi connectivity index (χ2n) is 8.89. The van der Waals surface area contributed by atoms with Crippen molar-refractivity contribution in [2.75, 3.05) is 37.9 Å². The van der Waals surface area contributed by atoms with E-state index in [-0.39, 0.29) is 24.4 Å². The van der Waals surface area contributed by atoms with Gasteiger partial charge in [-0.2, -0.15) is 0 Å². The van der Waals surface area contributed by atoms with Crippen molar-refractivity contribution < 1.29 is 14.3 Å². The third kappa shape index (κ3) is 4.61. The number of nitrogens with zero attached hydrogens (tertiary/aromatic N) is 3. The summed E-state index contributed by atoms with van der Waals surface area (Å²) in [6.45, 7) is 6.80. The molecule has 182 valence electrons. The Balaban J connectivity index is 0.00000253. The lowest BCUT2D eigenvalue weighted by Gasteiger charge is -2.40. The minimum atomic E-state index is -0.197. The van der Waals surface area contributed by atoms with Crippen molar-refractivity contribution in [1.29, 1.82) is 0 Å². The molecular weight excluding hydrogens is 482 g/mol. The van der Waals surface area contributed by atoms with Crippen LogP contribution in [0.1, 0.15) is 12.5 Å². The number of carbonyl (C=O) groups is 1. The topological polar surface area (TPSA) is 45.3 Å². The van der Waals surface area contributed by atoms with Crippen LogP contribution >= 0.6 is 24.2 Å². The van der Waals surface area contributed by atoms with Crippen molar-refractivity contribution in [2.45, 2.75) is 29.3 Å². The van der Waals surface area contributed by atoms with Crippen molar-refractivity contribution in [3.63, 3.8) is 0 Å². The lowest BCUT2D eigenvalue weighted by molar-refractivity contribution is -0.123. The first-order valence-electron chi connectivity index (χ1n) is 11.7. The molecule has 35 heavy (non-hydrogen) atoms. The molecule has 3 aliphatic heterocycles. The van der Waals surface area contributed by atoms with Gasteiger partial charge >= 0.3 is 0 Å². The number of rotatable bonds is 4. The van der Waals surface area contributed by atoms with Crippen LogP contribution in [-0.2, 0) is 11.3 Å². The van der Waals surface area contributed by atoms with Gasteiger partial charge in [-0.3, -0.25) is 19.5 Å². The van der Waals surface area contributed by atoms with Crippen LogP contribution in [0.2, 0.25) is 0 Å².